The van der Waals surface area contributed by atoms with Crippen molar-refractivity contribution >= 4 is 22.0 Å². The number of aliphatic carboxylic acids is 1. The highest BCUT2D eigenvalue weighted by Gasteiger charge is 2.17. The Kier molecular flexibility index (Phi) is 4.40. The molecule has 1 aromatic rings. The number of rotatable bonds is 5. The zero-order valence-corrected chi connectivity index (χ0v) is 10.2. The first kappa shape index (κ1) is 14.1. The highest BCUT2D eigenvalue weighted by Crippen LogP contribution is 2.12. The summed E-state index contributed by atoms with van der Waals surface area (Å²) in [5.41, 5.74) is 0.0655. The van der Waals surface area contributed by atoms with E-state index in [1.165, 1.54) is 25.3 Å². The van der Waals surface area contributed by atoms with Crippen LogP contribution >= 0.6 is 0 Å². The van der Waals surface area contributed by atoms with Crippen molar-refractivity contribution in [1.82, 2.24) is 4.72 Å². The molecule has 7 nitrogen and oxygen atoms in total. The van der Waals surface area contributed by atoms with E-state index in [9.17, 15) is 18.0 Å². The Morgan fingerprint density at radius 2 is 2.06 bits per heavy atom. The minimum atomic E-state index is -3.96. The van der Waals surface area contributed by atoms with Gasteiger partial charge in [0.25, 0.3) is 0 Å². The van der Waals surface area contributed by atoms with Crippen molar-refractivity contribution in [2.24, 2.45) is 0 Å². The maximum absolute atomic E-state index is 11.7. The van der Waals surface area contributed by atoms with Crippen molar-refractivity contribution in [3.63, 3.8) is 0 Å². The van der Waals surface area contributed by atoms with E-state index in [2.05, 4.69) is 4.74 Å². The average molecular weight is 273 g/mol. The first-order valence-corrected chi connectivity index (χ1v) is 6.25. The van der Waals surface area contributed by atoms with E-state index in [0.717, 1.165) is 6.07 Å². The monoisotopic (exact) mass is 273 g/mol. The van der Waals surface area contributed by atoms with E-state index in [1.54, 1.807) is 0 Å². The number of ether oxygens (including phenoxy) is 1. The van der Waals surface area contributed by atoms with Crippen molar-refractivity contribution in [3.8, 4) is 0 Å². The van der Waals surface area contributed by atoms with Gasteiger partial charge in [-0.2, -0.15) is 4.72 Å². The smallest absolute Gasteiger partial charge is 0.337 e. The van der Waals surface area contributed by atoms with Gasteiger partial charge >= 0.3 is 11.9 Å². The topological polar surface area (TPSA) is 110 Å². The third-order valence-electron chi connectivity index (χ3n) is 1.98. The van der Waals surface area contributed by atoms with Gasteiger partial charge in [0, 0.05) is 0 Å². The Balaban J connectivity index is 3.02. The minimum Gasteiger partial charge on any atom is -0.480 e. The van der Waals surface area contributed by atoms with Crippen LogP contribution in [0.25, 0.3) is 0 Å². The number of carbonyl (C=O) groups is 2. The molecule has 8 heteroatoms. The van der Waals surface area contributed by atoms with Crippen molar-refractivity contribution < 1.29 is 27.9 Å². The summed E-state index contributed by atoms with van der Waals surface area (Å²) in [6, 6.07) is 5.11. The first-order valence-electron chi connectivity index (χ1n) is 4.76. The van der Waals surface area contributed by atoms with E-state index >= 15 is 0 Å². The van der Waals surface area contributed by atoms with Gasteiger partial charge in [-0.15, -0.1) is 0 Å². The quantitative estimate of drug-likeness (QED) is 0.721. The summed E-state index contributed by atoms with van der Waals surface area (Å²) in [7, 11) is -2.79. The maximum Gasteiger partial charge on any atom is 0.337 e. The number of carbonyl (C=O) groups excluding carboxylic acids is 1. The standard InChI is InChI=1S/C10H11NO6S/c1-17-10(14)7-3-2-4-8(5-7)18(15,16)11-6-9(12)13/h2-5,11H,6H2,1H3,(H,12,13). The number of esters is 1. The third-order valence-corrected chi connectivity index (χ3v) is 3.38. The molecule has 2 N–H and O–H groups in total. The van der Waals surface area contributed by atoms with Crippen LogP contribution in [0.5, 0.6) is 0 Å². The number of carboxylic acids is 1. The molecule has 0 aliphatic rings. The molecule has 0 spiro atoms. The van der Waals surface area contributed by atoms with Crippen LogP contribution in [-0.4, -0.2) is 39.1 Å². The lowest BCUT2D eigenvalue weighted by Gasteiger charge is -2.06. The maximum atomic E-state index is 11.7. The van der Waals surface area contributed by atoms with Crippen LogP contribution in [0, 0.1) is 0 Å². The van der Waals surface area contributed by atoms with E-state index in [4.69, 9.17) is 5.11 Å². The molecule has 1 rings (SSSR count). The van der Waals surface area contributed by atoms with Gasteiger partial charge in [-0.05, 0) is 18.2 Å². The number of benzene rings is 1. The van der Waals surface area contributed by atoms with E-state index in [-0.39, 0.29) is 10.5 Å². The Hall–Kier alpha value is -1.93. The molecule has 0 bridgehead atoms. The highest BCUT2D eigenvalue weighted by atomic mass is 32.2. The summed E-state index contributed by atoms with van der Waals surface area (Å²) in [5, 5.41) is 8.40. The van der Waals surface area contributed by atoms with Gasteiger partial charge in [0.05, 0.1) is 17.6 Å². The van der Waals surface area contributed by atoms with Crippen LogP contribution in [0.4, 0.5) is 0 Å². The van der Waals surface area contributed by atoms with E-state index < -0.39 is 28.5 Å². The zero-order chi connectivity index (χ0) is 13.8. The predicted octanol–water partition coefficient (Wildman–Crippen LogP) is -0.164. The fourth-order valence-corrected chi connectivity index (χ4v) is 2.17. The summed E-state index contributed by atoms with van der Waals surface area (Å²) in [4.78, 5) is 21.3. The molecule has 98 valence electrons. The molecule has 0 saturated heterocycles. The molecule has 0 aromatic heterocycles. The average Bonchev–Trinajstić information content (AvgIpc) is 2.35. The van der Waals surface area contributed by atoms with Crippen LogP contribution in [0.3, 0.4) is 0 Å². The second-order valence-corrected chi connectivity index (χ2v) is 5.00. The second-order valence-electron chi connectivity index (χ2n) is 3.24. The number of nitrogens with one attached hydrogen (secondary N) is 1. The van der Waals surface area contributed by atoms with Gasteiger partial charge in [0.1, 0.15) is 6.54 Å². The van der Waals surface area contributed by atoms with E-state index in [0.29, 0.717) is 0 Å². The third kappa shape index (κ3) is 3.54. The fraction of sp³-hybridized carbons (Fsp3) is 0.200. The Bertz CT molecular complexity index is 565. The summed E-state index contributed by atoms with van der Waals surface area (Å²) in [6.07, 6.45) is 0. The molecule has 0 heterocycles. The summed E-state index contributed by atoms with van der Waals surface area (Å²) in [5.74, 6) is -1.98. The summed E-state index contributed by atoms with van der Waals surface area (Å²) >= 11 is 0. The lowest BCUT2D eigenvalue weighted by Crippen LogP contribution is -2.29. The van der Waals surface area contributed by atoms with Gasteiger partial charge in [-0.3, -0.25) is 4.79 Å². The van der Waals surface area contributed by atoms with Crippen LogP contribution in [0.1, 0.15) is 10.4 Å². The molecule has 0 unspecified atom stereocenters. The molecule has 0 radical (unpaired) electrons. The van der Waals surface area contributed by atoms with Crippen LogP contribution in [0.15, 0.2) is 29.2 Å². The molecular weight excluding hydrogens is 262 g/mol. The number of hydrogen-bond donors (Lipinski definition) is 2. The summed E-state index contributed by atoms with van der Waals surface area (Å²) in [6.45, 7) is -0.731. The van der Waals surface area contributed by atoms with Crippen molar-refractivity contribution in [2.45, 2.75) is 4.90 Å². The molecule has 0 fully saturated rings. The summed E-state index contributed by atoms with van der Waals surface area (Å²) < 4.78 is 29.7. The molecule has 0 aliphatic heterocycles. The lowest BCUT2D eigenvalue weighted by atomic mass is 10.2. The highest BCUT2D eigenvalue weighted by molar-refractivity contribution is 7.89. The Morgan fingerprint density at radius 1 is 1.39 bits per heavy atom. The number of sulfonamides is 1. The van der Waals surface area contributed by atoms with Gasteiger partial charge in [0.2, 0.25) is 10.0 Å². The first-order chi connectivity index (χ1) is 8.36. The molecule has 0 aliphatic carbocycles. The fourth-order valence-electron chi connectivity index (χ4n) is 1.15. The van der Waals surface area contributed by atoms with Crippen LogP contribution < -0.4 is 4.72 Å². The van der Waals surface area contributed by atoms with Gasteiger partial charge < -0.3 is 9.84 Å². The normalized spacial score (nSPS) is 10.9. The SMILES string of the molecule is COC(=O)c1cccc(S(=O)(=O)NCC(=O)O)c1. The number of carboxylic acid groups (broad SMARTS) is 1. The van der Waals surface area contributed by atoms with Gasteiger partial charge in [0.15, 0.2) is 0 Å². The van der Waals surface area contributed by atoms with Gasteiger partial charge in [-0.1, -0.05) is 6.07 Å². The largest absolute Gasteiger partial charge is 0.480 e. The molecule has 0 saturated carbocycles. The predicted molar refractivity (Wildman–Crippen MR) is 60.6 cm³/mol. The zero-order valence-electron chi connectivity index (χ0n) is 9.41. The van der Waals surface area contributed by atoms with Gasteiger partial charge in [-0.25, -0.2) is 13.2 Å². The molecule has 1 aromatic carbocycles. The number of methoxy groups -OCH3 is 1. The Morgan fingerprint density at radius 3 is 2.61 bits per heavy atom. The van der Waals surface area contributed by atoms with Crippen LogP contribution in [0.2, 0.25) is 0 Å². The van der Waals surface area contributed by atoms with Crippen molar-refractivity contribution in [1.29, 1.82) is 0 Å². The molecule has 0 amide bonds. The van der Waals surface area contributed by atoms with Crippen molar-refractivity contribution in [2.75, 3.05) is 13.7 Å². The Labute approximate surface area is 103 Å². The van der Waals surface area contributed by atoms with Crippen molar-refractivity contribution in [3.05, 3.63) is 29.8 Å². The minimum absolute atomic E-state index is 0.0655. The molecular formula is C10H11NO6S. The molecule has 0 atom stereocenters. The lowest BCUT2D eigenvalue weighted by molar-refractivity contribution is -0.135. The van der Waals surface area contributed by atoms with E-state index in [1.807, 2.05) is 4.72 Å². The molecule has 18 heavy (non-hydrogen) atoms. The number of hydrogen-bond acceptors (Lipinski definition) is 5. The second kappa shape index (κ2) is 5.61. The van der Waals surface area contributed by atoms with Crippen LogP contribution in [-0.2, 0) is 19.6 Å².